The van der Waals surface area contributed by atoms with Crippen molar-refractivity contribution in [2.45, 2.75) is 258 Å². The molecule has 0 aromatic rings. The van der Waals surface area contributed by atoms with Crippen molar-refractivity contribution in [2.75, 3.05) is 13.2 Å². The summed E-state index contributed by atoms with van der Waals surface area (Å²) in [6, 6.07) is 0. The monoisotopic (exact) mass is 801 g/mol. The number of rotatable bonds is 44. The van der Waals surface area contributed by atoms with Crippen LogP contribution in [-0.2, 0) is 28.6 Å². The van der Waals surface area contributed by atoms with E-state index in [-0.39, 0.29) is 31.1 Å². The Bertz CT molecular complexity index is 969. The molecule has 57 heavy (non-hydrogen) atoms. The maximum atomic E-state index is 12.7. The second-order valence-corrected chi connectivity index (χ2v) is 16.3. The number of hydrogen-bond acceptors (Lipinski definition) is 6. The zero-order chi connectivity index (χ0) is 41.5. The first-order valence-electron chi connectivity index (χ1n) is 24.5. The molecular formula is C51H92O6. The third kappa shape index (κ3) is 44.6. The molecule has 6 heteroatoms. The van der Waals surface area contributed by atoms with E-state index in [4.69, 9.17) is 14.2 Å². The van der Waals surface area contributed by atoms with E-state index >= 15 is 0 Å². The molecule has 0 fully saturated rings. The molecule has 0 bridgehead atoms. The van der Waals surface area contributed by atoms with Crippen LogP contribution in [0, 0.1) is 0 Å². The largest absolute Gasteiger partial charge is 0.462 e. The highest BCUT2D eigenvalue weighted by Crippen LogP contribution is 2.15. The summed E-state index contributed by atoms with van der Waals surface area (Å²) in [5.41, 5.74) is 0. The van der Waals surface area contributed by atoms with Gasteiger partial charge in [0.25, 0.3) is 0 Å². The van der Waals surface area contributed by atoms with Gasteiger partial charge < -0.3 is 14.2 Å². The fourth-order valence-corrected chi connectivity index (χ4v) is 6.94. The lowest BCUT2D eigenvalue weighted by molar-refractivity contribution is -0.167. The number of carbonyl (C=O) groups excluding carboxylic acids is 3. The molecule has 6 nitrogen and oxygen atoms in total. The van der Waals surface area contributed by atoms with Crippen LogP contribution in [0.15, 0.2) is 36.5 Å². The minimum atomic E-state index is -0.781. The molecule has 0 aromatic heterocycles. The molecule has 332 valence electrons. The van der Waals surface area contributed by atoms with E-state index in [1.807, 2.05) is 0 Å². The molecule has 0 amide bonds. The maximum Gasteiger partial charge on any atom is 0.306 e. The van der Waals surface area contributed by atoms with Crippen LogP contribution in [0.25, 0.3) is 0 Å². The molecular weight excluding hydrogens is 709 g/mol. The fourth-order valence-electron chi connectivity index (χ4n) is 6.94. The normalized spacial score (nSPS) is 12.3. The van der Waals surface area contributed by atoms with Crippen LogP contribution in [0.5, 0.6) is 0 Å². The number of hydrogen-bond donors (Lipinski definition) is 0. The van der Waals surface area contributed by atoms with Crippen molar-refractivity contribution in [3.63, 3.8) is 0 Å². The Morgan fingerprint density at radius 3 is 1.12 bits per heavy atom. The molecule has 0 saturated heterocycles. The van der Waals surface area contributed by atoms with Crippen LogP contribution in [-0.4, -0.2) is 37.2 Å². The lowest BCUT2D eigenvalue weighted by Gasteiger charge is -2.18. The summed E-state index contributed by atoms with van der Waals surface area (Å²) in [4.78, 5) is 37.8. The number of allylic oxidation sites excluding steroid dienone is 6. The summed E-state index contributed by atoms with van der Waals surface area (Å²) in [5, 5.41) is 0. The van der Waals surface area contributed by atoms with Crippen LogP contribution in [0.4, 0.5) is 0 Å². The first kappa shape index (κ1) is 54.6. The van der Waals surface area contributed by atoms with Gasteiger partial charge in [-0.2, -0.15) is 0 Å². The standard InChI is InChI=1S/C51H92O6/c1-4-7-10-13-16-19-21-23-25-27-29-32-35-38-41-44-50(53)56-47-48(46-55-49(52)43-40-37-34-31-18-15-12-9-6-3)57-51(54)45-42-39-36-33-30-28-26-24-22-20-17-14-11-8-5-2/h9,12,18-19,21,31,48H,4-8,10-11,13-17,20,22-30,32-47H2,1-3H3/b12-9-,21-19-,31-18-. The highest BCUT2D eigenvalue weighted by atomic mass is 16.6. The highest BCUT2D eigenvalue weighted by molar-refractivity contribution is 5.71. The van der Waals surface area contributed by atoms with Crippen molar-refractivity contribution in [3.05, 3.63) is 36.5 Å². The summed E-state index contributed by atoms with van der Waals surface area (Å²) in [7, 11) is 0. The lowest BCUT2D eigenvalue weighted by atomic mass is 10.0. The van der Waals surface area contributed by atoms with Crippen molar-refractivity contribution in [1.82, 2.24) is 0 Å². The first-order valence-corrected chi connectivity index (χ1v) is 24.5. The van der Waals surface area contributed by atoms with Crippen LogP contribution in [0.3, 0.4) is 0 Å². The third-order valence-corrected chi connectivity index (χ3v) is 10.6. The Morgan fingerprint density at radius 2 is 0.684 bits per heavy atom. The summed E-state index contributed by atoms with van der Waals surface area (Å²) in [5.74, 6) is -0.917. The zero-order valence-electron chi connectivity index (χ0n) is 37.9. The summed E-state index contributed by atoms with van der Waals surface area (Å²) < 4.78 is 16.7. The second-order valence-electron chi connectivity index (χ2n) is 16.3. The third-order valence-electron chi connectivity index (χ3n) is 10.6. The maximum absolute atomic E-state index is 12.7. The topological polar surface area (TPSA) is 78.9 Å². The second kappa shape index (κ2) is 46.3. The molecule has 1 atom stereocenters. The lowest BCUT2D eigenvalue weighted by Crippen LogP contribution is -2.30. The molecule has 0 aliphatic rings. The SMILES string of the molecule is CC/C=C\C/C=C\CCCCC(=O)OCC(COC(=O)CCCCCCCCC/C=C\CCCCCC)OC(=O)CCCCCCCCCCCCCCCCC. The van der Waals surface area contributed by atoms with Crippen molar-refractivity contribution in [3.8, 4) is 0 Å². The minimum absolute atomic E-state index is 0.0822. The van der Waals surface area contributed by atoms with E-state index in [0.29, 0.717) is 19.3 Å². The van der Waals surface area contributed by atoms with E-state index in [0.717, 1.165) is 70.6 Å². The molecule has 0 spiro atoms. The van der Waals surface area contributed by atoms with Crippen LogP contribution >= 0.6 is 0 Å². The molecule has 0 aliphatic heterocycles. The Labute approximate surface area is 353 Å². The zero-order valence-corrected chi connectivity index (χ0v) is 37.9. The van der Waals surface area contributed by atoms with E-state index in [9.17, 15) is 14.4 Å². The Hall–Kier alpha value is -2.37. The van der Waals surface area contributed by atoms with Crippen molar-refractivity contribution < 1.29 is 28.6 Å². The predicted molar refractivity (Wildman–Crippen MR) is 242 cm³/mol. The number of unbranched alkanes of at least 4 members (excludes halogenated alkanes) is 27. The van der Waals surface area contributed by atoms with Gasteiger partial charge in [0.1, 0.15) is 13.2 Å². The smallest absolute Gasteiger partial charge is 0.306 e. The van der Waals surface area contributed by atoms with Gasteiger partial charge in [0.2, 0.25) is 0 Å². The van der Waals surface area contributed by atoms with Crippen LogP contribution in [0.2, 0.25) is 0 Å². The molecule has 0 aromatic carbocycles. The molecule has 1 unspecified atom stereocenters. The van der Waals surface area contributed by atoms with Gasteiger partial charge in [0, 0.05) is 19.3 Å². The average molecular weight is 801 g/mol. The average Bonchev–Trinajstić information content (AvgIpc) is 3.21. The Morgan fingerprint density at radius 1 is 0.368 bits per heavy atom. The van der Waals surface area contributed by atoms with E-state index in [1.165, 1.54) is 141 Å². The summed E-state index contributed by atoms with van der Waals surface area (Å²) >= 11 is 0. The molecule has 0 N–H and O–H groups in total. The van der Waals surface area contributed by atoms with E-state index in [2.05, 4.69) is 57.2 Å². The number of carbonyl (C=O) groups is 3. The van der Waals surface area contributed by atoms with E-state index < -0.39 is 6.10 Å². The van der Waals surface area contributed by atoms with Crippen LogP contribution < -0.4 is 0 Å². The highest BCUT2D eigenvalue weighted by Gasteiger charge is 2.19. The number of esters is 3. The summed E-state index contributed by atoms with van der Waals surface area (Å²) in [6.07, 6.45) is 52.8. The van der Waals surface area contributed by atoms with Gasteiger partial charge in [-0.1, -0.05) is 198 Å². The molecule has 0 saturated carbocycles. The molecule has 0 heterocycles. The Balaban J connectivity index is 4.33. The first-order chi connectivity index (χ1) is 28.0. The summed E-state index contributed by atoms with van der Waals surface area (Å²) in [6.45, 7) is 6.48. The minimum Gasteiger partial charge on any atom is -0.462 e. The molecule has 0 rings (SSSR count). The predicted octanol–water partition coefficient (Wildman–Crippen LogP) is 15.8. The quantitative estimate of drug-likeness (QED) is 0.0264. The number of ether oxygens (including phenoxy) is 3. The van der Waals surface area contributed by atoms with Gasteiger partial charge in [-0.05, 0) is 70.6 Å². The molecule has 0 aliphatic carbocycles. The van der Waals surface area contributed by atoms with Gasteiger partial charge in [-0.3, -0.25) is 14.4 Å². The fraction of sp³-hybridized carbons (Fsp3) is 0.824. The van der Waals surface area contributed by atoms with Crippen molar-refractivity contribution in [1.29, 1.82) is 0 Å². The van der Waals surface area contributed by atoms with Gasteiger partial charge in [0.05, 0.1) is 0 Å². The van der Waals surface area contributed by atoms with Crippen molar-refractivity contribution in [2.24, 2.45) is 0 Å². The van der Waals surface area contributed by atoms with Crippen molar-refractivity contribution >= 4 is 17.9 Å². The van der Waals surface area contributed by atoms with Gasteiger partial charge in [-0.15, -0.1) is 0 Å². The van der Waals surface area contributed by atoms with Gasteiger partial charge in [-0.25, -0.2) is 0 Å². The van der Waals surface area contributed by atoms with Gasteiger partial charge in [0.15, 0.2) is 6.10 Å². The Kier molecular flexibility index (Phi) is 44.4. The van der Waals surface area contributed by atoms with Gasteiger partial charge >= 0.3 is 17.9 Å². The van der Waals surface area contributed by atoms with Crippen LogP contribution in [0.1, 0.15) is 252 Å². The van der Waals surface area contributed by atoms with E-state index in [1.54, 1.807) is 0 Å². The molecule has 0 radical (unpaired) electrons.